The van der Waals surface area contributed by atoms with Crippen molar-refractivity contribution in [3.63, 3.8) is 0 Å². The lowest BCUT2D eigenvalue weighted by atomic mass is 9.96. The molecule has 1 aromatic heterocycles. The van der Waals surface area contributed by atoms with Gasteiger partial charge in [0.1, 0.15) is 6.33 Å². The number of nitrogens with zero attached hydrogens (tertiary/aromatic N) is 3. The van der Waals surface area contributed by atoms with Crippen molar-refractivity contribution < 1.29 is 0 Å². The number of hydrogen-bond acceptors (Lipinski definition) is 3. The molecular formula is C12H22N4. The molecule has 1 heterocycles. The Morgan fingerprint density at radius 3 is 2.81 bits per heavy atom. The predicted octanol–water partition coefficient (Wildman–Crippen LogP) is 2.37. The van der Waals surface area contributed by atoms with Gasteiger partial charge in [0.15, 0.2) is 5.82 Å². The van der Waals surface area contributed by atoms with Gasteiger partial charge in [-0.3, -0.25) is 0 Å². The maximum atomic E-state index is 6.34. The van der Waals surface area contributed by atoms with E-state index in [4.69, 9.17) is 5.73 Å². The molecule has 0 radical (unpaired) electrons. The van der Waals surface area contributed by atoms with Crippen molar-refractivity contribution in [3.05, 3.63) is 12.2 Å². The summed E-state index contributed by atoms with van der Waals surface area (Å²) < 4.78 is 2.21. The van der Waals surface area contributed by atoms with Gasteiger partial charge in [0, 0.05) is 6.04 Å². The van der Waals surface area contributed by atoms with Gasteiger partial charge in [-0.25, -0.2) is 0 Å². The van der Waals surface area contributed by atoms with E-state index in [-0.39, 0.29) is 5.54 Å². The lowest BCUT2D eigenvalue weighted by Crippen LogP contribution is -2.36. The molecule has 4 heteroatoms. The Labute approximate surface area is 97.2 Å². The third-order valence-corrected chi connectivity index (χ3v) is 3.57. The average molecular weight is 222 g/mol. The van der Waals surface area contributed by atoms with Crippen molar-refractivity contribution in [1.29, 1.82) is 0 Å². The molecule has 2 rings (SSSR count). The van der Waals surface area contributed by atoms with Crippen molar-refractivity contribution in [2.45, 2.75) is 64.0 Å². The van der Waals surface area contributed by atoms with Crippen molar-refractivity contribution in [2.24, 2.45) is 5.73 Å². The van der Waals surface area contributed by atoms with Gasteiger partial charge in [0.05, 0.1) is 5.54 Å². The highest BCUT2D eigenvalue weighted by molar-refractivity contribution is 5.04. The number of aromatic nitrogens is 3. The van der Waals surface area contributed by atoms with Gasteiger partial charge in [-0.15, -0.1) is 10.2 Å². The van der Waals surface area contributed by atoms with E-state index in [2.05, 4.69) is 28.6 Å². The Morgan fingerprint density at radius 1 is 1.50 bits per heavy atom. The summed E-state index contributed by atoms with van der Waals surface area (Å²) in [6.07, 6.45) is 9.00. The fourth-order valence-electron chi connectivity index (χ4n) is 2.73. The molecule has 0 aliphatic heterocycles. The maximum absolute atomic E-state index is 6.34. The van der Waals surface area contributed by atoms with E-state index in [0.717, 1.165) is 18.7 Å². The van der Waals surface area contributed by atoms with Crippen molar-refractivity contribution in [2.75, 3.05) is 0 Å². The Morgan fingerprint density at radius 2 is 2.19 bits per heavy atom. The molecular weight excluding hydrogens is 200 g/mol. The molecule has 90 valence electrons. The molecule has 0 saturated heterocycles. The number of rotatable bonds is 4. The van der Waals surface area contributed by atoms with Crippen LogP contribution in [0.5, 0.6) is 0 Å². The molecule has 0 spiro atoms. The molecule has 1 fully saturated rings. The van der Waals surface area contributed by atoms with Gasteiger partial charge in [-0.2, -0.15) is 0 Å². The molecule has 0 amide bonds. The Kier molecular flexibility index (Phi) is 3.28. The first-order valence-electron chi connectivity index (χ1n) is 6.34. The molecule has 4 nitrogen and oxygen atoms in total. The van der Waals surface area contributed by atoms with Gasteiger partial charge in [0.25, 0.3) is 0 Å². The van der Waals surface area contributed by atoms with Crippen LogP contribution in [0.1, 0.15) is 64.2 Å². The molecule has 0 aromatic carbocycles. The molecule has 1 atom stereocenters. The third-order valence-electron chi connectivity index (χ3n) is 3.57. The molecule has 0 bridgehead atoms. The minimum absolute atomic E-state index is 0.339. The zero-order chi connectivity index (χ0) is 11.6. The first kappa shape index (κ1) is 11.6. The predicted molar refractivity (Wildman–Crippen MR) is 64.0 cm³/mol. The normalized spacial score (nSPS) is 21.2. The molecule has 1 saturated carbocycles. The summed E-state index contributed by atoms with van der Waals surface area (Å²) >= 11 is 0. The van der Waals surface area contributed by atoms with Gasteiger partial charge in [-0.05, 0) is 26.2 Å². The summed E-state index contributed by atoms with van der Waals surface area (Å²) in [4.78, 5) is 0. The third kappa shape index (κ3) is 2.12. The summed E-state index contributed by atoms with van der Waals surface area (Å²) in [6, 6.07) is 0.574. The minimum atomic E-state index is -0.339. The molecule has 1 aliphatic rings. The van der Waals surface area contributed by atoms with Gasteiger partial charge in [-0.1, -0.05) is 26.2 Å². The molecule has 1 unspecified atom stereocenters. The Hall–Kier alpha value is -0.900. The maximum Gasteiger partial charge on any atom is 0.152 e. The molecule has 1 aromatic rings. The molecule has 2 N–H and O–H groups in total. The fourth-order valence-corrected chi connectivity index (χ4v) is 2.73. The van der Waals surface area contributed by atoms with Gasteiger partial charge >= 0.3 is 0 Å². The number of nitrogens with two attached hydrogens (primary N) is 1. The minimum Gasteiger partial charge on any atom is -0.319 e. The monoisotopic (exact) mass is 222 g/mol. The van der Waals surface area contributed by atoms with E-state index >= 15 is 0 Å². The second kappa shape index (κ2) is 4.53. The van der Waals surface area contributed by atoms with Crippen LogP contribution in [0.25, 0.3) is 0 Å². The van der Waals surface area contributed by atoms with E-state index in [0.29, 0.717) is 6.04 Å². The summed E-state index contributed by atoms with van der Waals surface area (Å²) in [7, 11) is 0. The Balaban J connectivity index is 2.24. The zero-order valence-corrected chi connectivity index (χ0v) is 10.3. The Bertz CT molecular complexity index is 337. The lowest BCUT2D eigenvalue weighted by molar-refractivity contribution is 0.373. The van der Waals surface area contributed by atoms with Crippen LogP contribution in [0.2, 0.25) is 0 Å². The fraction of sp³-hybridized carbons (Fsp3) is 0.833. The number of hydrogen-bond donors (Lipinski definition) is 1. The highest BCUT2D eigenvalue weighted by Crippen LogP contribution is 2.32. The van der Waals surface area contributed by atoms with Crippen molar-refractivity contribution >= 4 is 0 Å². The van der Waals surface area contributed by atoms with Crippen LogP contribution < -0.4 is 5.73 Å². The summed E-state index contributed by atoms with van der Waals surface area (Å²) in [6.45, 7) is 4.22. The van der Waals surface area contributed by atoms with E-state index in [1.165, 1.54) is 25.7 Å². The first-order valence-corrected chi connectivity index (χ1v) is 6.34. The van der Waals surface area contributed by atoms with Crippen molar-refractivity contribution in [3.8, 4) is 0 Å². The highest BCUT2D eigenvalue weighted by Gasteiger charge is 2.29. The van der Waals surface area contributed by atoms with Crippen LogP contribution >= 0.6 is 0 Å². The van der Waals surface area contributed by atoms with E-state index in [1.807, 2.05) is 6.33 Å². The van der Waals surface area contributed by atoms with Crippen LogP contribution in [0.4, 0.5) is 0 Å². The second-order valence-corrected chi connectivity index (χ2v) is 5.17. The van der Waals surface area contributed by atoms with Crippen LogP contribution in [-0.2, 0) is 5.54 Å². The topological polar surface area (TPSA) is 56.7 Å². The second-order valence-electron chi connectivity index (χ2n) is 5.17. The largest absolute Gasteiger partial charge is 0.319 e. The first-order chi connectivity index (χ1) is 7.65. The van der Waals surface area contributed by atoms with Gasteiger partial charge in [0.2, 0.25) is 0 Å². The van der Waals surface area contributed by atoms with Gasteiger partial charge < -0.3 is 10.3 Å². The van der Waals surface area contributed by atoms with Crippen LogP contribution in [0.3, 0.4) is 0 Å². The van der Waals surface area contributed by atoms with E-state index < -0.39 is 0 Å². The lowest BCUT2D eigenvalue weighted by Gasteiger charge is -2.25. The standard InChI is InChI=1S/C12H22N4/c1-3-8-12(2,13)11-15-14-9-16(11)10-6-4-5-7-10/h9-10H,3-8,13H2,1-2H3. The quantitative estimate of drug-likeness (QED) is 0.851. The van der Waals surface area contributed by atoms with E-state index in [1.54, 1.807) is 0 Å². The SMILES string of the molecule is CCCC(C)(N)c1nncn1C1CCCC1. The average Bonchev–Trinajstić information content (AvgIpc) is 2.88. The van der Waals surface area contributed by atoms with Crippen LogP contribution in [0.15, 0.2) is 6.33 Å². The highest BCUT2D eigenvalue weighted by atomic mass is 15.3. The summed E-state index contributed by atoms with van der Waals surface area (Å²) in [5.74, 6) is 0.959. The summed E-state index contributed by atoms with van der Waals surface area (Å²) in [5, 5.41) is 8.29. The van der Waals surface area contributed by atoms with E-state index in [9.17, 15) is 0 Å². The van der Waals surface area contributed by atoms with Crippen LogP contribution in [0, 0.1) is 0 Å². The molecule has 1 aliphatic carbocycles. The van der Waals surface area contributed by atoms with Crippen LogP contribution in [-0.4, -0.2) is 14.8 Å². The van der Waals surface area contributed by atoms with Crippen molar-refractivity contribution in [1.82, 2.24) is 14.8 Å². The smallest absolute Gasteiger partial charge is 0.152 e. The molecule has 16 heavy (non-hydrogen) atoms. The zero-order valence-electron chi connectivity index (χ0n) is 10.3. The summed E-state index contributed by atoms with van der Waals surface area (Å²) in [5.41, 5.74) is 6.00.